The summed E-state index contributed by atoms with van der Waals surface area (Å²) in [5.74, 6) is 1.46. The van der Waals surface area contributed by atoms with E-state index in [0.717, 1.165) is 31.1 Å². The highest BCUT2D eigenvalue weighted by Gasteiger charge is 2.21. The van der Waals surface area contributed by atoms with E-state index in [1.165, 1.54) is 12.8 Å². The van der Waals surface area contributed by atoms with E-state index in [2.05, 4.69) is 31.2 Å². The summed E-state index contributed by atoms with van der Waals surface area (Å²) in [4.78, 5) is 0. The lowest BCUT2D eigenvalue weighted by Crippen LogP contribution is -2.32. The predicted octanol–water partition coefficient (Wildman–Crippen LogP) is 1.76. The van der Waals surface area contributed by atoms with Crippen LogP contribution in [0.4, 0.5) is 5.82 Å². The van der Waals surface area contributed by atoms with Crippen LogP contribution in [0.3, 0.4) is 0 Å². The number of nitrogens with zero attached hydrogens (tertiary/aromatic N) is 2. The first-order valence-corrected chi connectivity index (χ1v) is 6.51. The monoisotopic (exact) mass is 236 g/mol. The number of hydrogen-bond acceptors (Lipinski definition) is 3. The fourth-order valence-electron chi connectivity index (χ4n) is 2.27. The van der Waals surface area contributed by atoms with Crippen molar-refractivity contribution in [3.8, 4) is 0 Å². The third kappa shape index (κ3) is 3.00. The van der Waals surface area contributed by atoms with E-state index in [1.807, 2.05) is 10.7 Å². The van der Waals surface area contributed by atoms with Crippen molar-refractivity contribution in [1.82, 2.24) is 15.1 Å². The molecule has 0 spiro atoms. The summed E-state index contributed by atoms with van der Waals surface area (Å²) < 4.78 is 1.97. The highest BCUT2D eigenvalue weighted by molar-refractivity contribution is 5.33. The van der Waals surface area contributed by atoms with Crippen LogP contribution >= 0.6 is 0 Å². The maximum atomic E-state index is 6.04. The molecule has 2 heterocycles. The summed E-state index contributed by atoms with van der Waals surface area (Å²) in [6, 6.07) is 2.01. The zero-order chi connectivity index (χ0) is 12.5. The minimum Gasteiger partial charge on any atom is -0.384 e. The van der Waals surface area contributed by atoms with Crippen LogP contribution in [0, 0.1) is 5.92 Å². The number of anilines is 1. The van der Waals surface area contributed by atoms with Crippen LogP contribution in [0.25, 0.3) is 0 Å². The van der Waals surface area contributed by atoms with Gasteiger partial charge in [0.25, 0.3) is 0 Å². The molecule has 0 bridgehead atoms. The number of aromatic nitrogens is 2. The maximum absolute atomic E-state index is 6.04. The lowest BCUT2D eigenvalue weighted by atomic mass is 9.92. The molecule has 1 fully saturated rings. The molecule has 0 radical (unpaired) electrons. The maximum Gasteiger partial charge on any atom is 0.121 e. The predicted molar refractivity (Wildman–Crippen MR) is 70.9 cm³/mol. The Hall–Kier alpha value is -1.03. The summed E-state index contributed by atoms with van der Waals surface area (Å²) >= 11 is 0. The van der Waals surface area contributed by atoms with Gasteiger partial charge in [0.1, 0.15) is 5.82 Å². The molecule has 0 amide bonds. The van der Waals surface area contributed by atoms with Gasteiger partial charge in [0.05, 0.1) is 5.69 Å². The molecule has 1 aliphatic rings. The van der Waals surface area contributed by atoms with Crippen LogP contribution in [0.1, 0.15) is 39.3 Å². The fraction of sp³-hybridized carbons (Fsp3) is 0.769. The molecule has 1 atom stereocenters. The Morgan fingerprint density at radius 3 is 2.82 bits per heavy atom. The smallest absolute Gasteiger partial charge is 0.121 e. The Kier molecular flexibility index (Phi) is 3.43. The van der Waals surface area contributed by atoms with Gasteiger partial charge in [-0.25, -0.2) is 4.68 Å². The minimum atomic E-state index is 0.0736. The van der Waals surface area contributed by atoms with Gasteiger partial charge >= 0.3 is 0 Å². The number of rotatable bonds is 2. The number of nitrogens with two attached hydrogens (primary N) is 1. The Morgan fingerprint density at radius 2 is 2.29 bits per heavy atom. The van der Waals surface area contributed by atoms with E-state index in [9.17, 15) is 0 Å². The van der Waals surface area contributed by atoms with E-state index >= 15 is 0 Å². The minimum absolute atomic E-state index is 0.0736. The van der Waals surface area contributed by atoms with E-state index in [0.29, 0.717) is 5.92 Å². The summed E-state index contributed by atoms with van der Waals surface area (Å²) in [7, 11) is 0. The van der Waals surface area contributed by atoms with E-state index in [1.54, 1.807) is 0 Å². The average molecular weight is 236 g/mol. The first kappa shape index (κ1) is 12.4. The van der Waals surface area contributed by atoms with Gasteiger partial charge in [-0.2, -0.15) is 5.10 Å². The number of nitrogens with one attached hydrogen (secondary N) is 1. The van der Waals surface area contributed by atoms with Gasteiger partial charge < -0.3 is 11.1 Å². The molecule has 1 aliphatic heterocycles. The second kappa shape index (κ2) is 4.69. The number of nitrogen functional groups attached to an aromatic ring is 1. The third-order valence-corrected chi connectivity index (χ3v) is 3.41. The molecule has 1 saturated heterocycles. The van der Waals surface area contributed by atoms with Crippen LogP contribution in [0.15, 0.2) is 6.07 Å². The van der Waals surface area contributed by atoms with Crippen molar-refractivity contribution in [2.75, 3.05) is 18.8 Å². The summed E-state index contributed by atoms with van der Waals surface area (Å²) in [6.45, 7) is 9.68. The lowest BCUT2D eigenvalue weighted by molar-refractivity contribution is 0.325. The largest absolute Gasteiger partial charge is 0.384 e. The fourth-order valence-corrected chi connectivity index (χ4v) is 2.27. The molecule has 0 aromatic carbocycles. The Labute approximate surface area is 104 Å². The van der Waals surface area contributed by atoms with Crippen molar-refractivity contribution in [3.05, 3.63) is 11.8 Å². The van der Waals surface area contributed by atoms with Gasteiger partial charge in [-0.05, 0) is 31.8 Å². The van der Waals surface area contributed by atoms with Gasteiger partial charge in [0.2, 0.25) is 0 Å². The zero-order valence-electron chi connectivity index (χ0n) is 11.2. The molecule has 1 aromatic rings. The second-order valence-electron chi connectivity index (χ2n) is 6.10. The number of piperidine rings is 1. The van der Waals surface area contributed by atoms with Crippen molar-refractivity contribution < 1.29 is 0 Å². The standard InChI is InChI=1S/C13H24N4/c1-13(2,3)11-7-12(14)17(16-11)9-10-5-4-6-15-8-10/h7,10,15H,4-6,8-9,14H2,1-3H3. The van der Waals surface area contributed by atoms with Gasteiger partial charge in [-0.3, -0.25) is 0 Å². The summed E-state index contributed by atoms with van der Waals surface area (Å²) in [6.07, 6.45) is 2.54. The molecule has 4 heteroatoms. The van der Waals surface area contributed by atoms with Crippen LogP contribution < -0.4 is 11.1 Å². The average Bonchev–Trinajstić information content (AvgIpc) is 2.62. The first-order valence-electron chi connectivity index (χ1n) is 6.51. The molecule has 1 aromatic heterocycles. The van der Waals surface area contributed by atoms with Gasteiger partial charge in [-0.1, -0.05) is 20.8 Å². The Balaban J connectivity index is 2.07. The second-order valence-corrected chi connectivity index (χ2v) is 6.10. The van der Waals surface area contributed by atoms with Crippen LogP contribution in [-0.4, -0.2) is 22.9 Å². The molecule has 0 saturated carbocycles. The van der Waals surface area contributed by atoms with Crippen molar-refractivity contribution >= 4 is 5.82 Å². The topological polar surface area (TPSA) is 55.9 Å². The van der Waals surface area contributed by atoms with Crippen LogP contribution in [0.5, 0.6) is 0 Å². The summed E-state index contributed by atoms with van der Waals surface area (Å²) in [5.41, 5.74) is 7.19. The molecule has 4 nitrogen and oxygen atoms in total. The molecule has 1 unspecified atom stereocenters. The molecule has 17 heavy (non-hydrogen) atoms. The lowest BCUT2D eigenvalue weighted by Gasteiger charge is -2.23. The quantitative estimate of drug-likeness (QED) is 0.822. The number of hydrogen-bond donors (Lipinski definition) is 2. The highest BCUT2D eigenvalue weighted by atomic mass is 15.3. The third-order valence-electron chi connectivity index (χ3n) is 3.41. The SMILES string of the molecule is CC(C)(C)c1cc(N)n(CC2CCCNC2)n1. The van der Waals surface area contributed by atoms with Crippen LogP contribution in [0.2, 0.25) is 0 Å². The van der Waals surface area contributed by atoms with Crippen molar-refractivity contribution in [2.45, 2.75) is 45.6 Å². The first-order chi connectivity index (χ1) is 7.97. The molecule has 0 aliphatic carbocycles. The molecule has 2 rings (SSSR count). The van der Waals surface area contributed by atoms with Crippen molar-refractivity contribution in [1.29, 1.82) is 0 Å². The van der Waals surface area contributed by atoms with Crippen molar-refractivity contribution in [2.24, 2.45) is 5.92 Å². The van der Waals surface area contributed by atoms with E-state index in [4.69, 9.17) is 5.73 Å². The normalized spacial score (nSPS) is 21.7. The van der Waals surface area contributed by atoms with Crippen molar-refractivity contribution in [3.63, 3.8) is 0 Å². The van der Waals surface area contributed by atoms with Crippen LogP contribution in [-0.2, 0) is 12.0 Å². The zero-order valence-corrected chi connectivity index (χ0v) is 11.2. The highest BCUT2D eigenvalue weighted by Crippen LogP contribution is 2.23. The van der Waals surface area contributed by atoms with Gasteiger partial charge in [0.15, 0.2) is 0 Å². The molecule has 96 valence electrons. The van der Waals surface area contributed by atoms with Gasteiger partial charge in [0, 0.05) is 18.0 Å². The molecular weight excluding hydrogens is 212 g/mol. The Morgan fingerprint density at radius 1 is 1.53 bits per heavy atom. The molecular formula is C13H24N4. The van der Waals surface area contributed by atoms with E-state index in [-0.39, 0.29) is 5.41 Å². The Bertz CT molecular complexity index is 369. The summed E-state index contributed by atoms with van der Waals surface area (Å²) in [5, 5.41) is 8.07. The van der Waals surface area contributed by atoms with E-state index < -0.39 is 0 Å². The molecule has 3 N–H and O–H groups in total. The van der Waals surface area contributed by atoms with Gasteiger partial charge in [-0.15, -0.1) is 0 Å².